The quantitative estimate of drug-likeness (QED) is 0.229. The highest BCUT2D eigenvalue weighted by atomic mass is 19.1. The van der Waals surface area contributed by atoms with Crippen LogP contribution in [0.2, 0.25) is 0 Å². The van der Waals surface area contributed by atoms with Crippen LogP contribution in [0, 0.1) is 5.82 Å². The molecule has 0 aliphatic heterocycles. The molecule has 1 fully saturated rings. The van der Waals surface area contributed by atoms with Crippen LogP contribution in [0.1, 0.15) is 57.6 Å². The molecule has 11 heteroatoms. The van der Waals surface area contributed by atoms with E-state index >= 15 is 0 Å². The Hall–Kier alpha value is -4.12. The van der Waals surface area contributed by atoms with Crippen LogP contribution in [0.3, 0.4) is 0 Å². The molecular weight excluding hydrogens is 569 g/mol. The fraction of sp³-hybridized carbons (Fsp3) is 0.485. The van der Waals surface area contributed by atoms with Gasteiger partial charge in [-0.1, -0.05) is 48.9 Å². The molecule has 0 radical (unpaired) electrons. The fourth-order valence-electron chi connectivity index (χ4n) is 4.99. The third kappa shape index (κ3) is 11.5. The summed E-state index contributed by atoms with van der Waals surface area (Å²) in [6, 6.07) is 13.2. The van der Waals surface area contributed by atoms with Gasteiger partial charge in [0.25, 0.3) is 0 Å². The van der Waals surface area contributed by atoms with Gasteiger partial charge in [-0.25, -0.2) is 18.8 Å². The van der Waals surface area contributed by atoms with Crippen molar-refractivity contribution in [3.8, 4) is 0 Å². The fourth-order valence-corrected chi connectivity index (χ4v) is 4.99. The molecule has 240 valence electrons. The first-order valence-corrected chi connectivity index (χ1v) is 14.8. The van der Waals surface area contributed by atoms with E-state index in [0.717, 1.165) is 29.5 Å². The number of carbonyl (C=O) groups is 3. The molecule has 2 aromatic rings. The Morgan fingerprint density at radius 3 is 2.39 bits per heavy atom. The lowest BCUT2D eigenvalue weighted by Gasteiger charge is -2.35. The SMILES string of the molecule is COC(=O)[C@H](CO)N(/C=C1/CCCC[C@H]1NC(=O)OCc1ccccc1)C[C@H](Cc1ccc(F)cc1)NC(=O)OC(C)(C)C. The van der Waals surface area contributed by atoms with Crippen molar-refractivity contribution in [3.63, 3.8) is 0 Å². The third-order valence-electron chi connectivity index (χ3n) is 7.09. The Balaban J connectivity index is 1.86. The summed E-state index contributed by atoms with van der Waals surface area (Å²) in [6.07, 6.45) is 3.88. The Morgan fingerprint density at radius 2 is 1.75 bits per heavy atom. The Morgan fingerprint density at radius 1 is 1.05 bits per heavy atom. The Bertz CT molecular complexity index is 1250. The first-order chi connectivity index (χ1) is 21.0. The van der Waals surface area contributed by atoms with Gasteiger partial charge in [-0.05, 0) is 75.3 Å². The normalized spacial score (nSPS) is 17.2. The van der Waals surface area contributed by atoms with Crippen LogP contribution in [0.4, 0.5) is 14.0 Å². The highest BCUT2D eigenvalue weighted by Crippen LogP contribution is 2.26. The van der Waals surface area contributed by atoms with Gasteiger partial charge in [-0.3, -0.25) is 0 Å². The third-order valence-corrected chi connectivity index (χ3v) is 7.09. The van der Waals surface area contributed by atoms with Crippen LogP contribution < -0.4 is 10.6 Å². The molecule has 2 aromatic carbocycles. The second kappa shape index (κ2) is 16.7. The van der Waals surface area contributed by atoms with Crippen molar-refractivity contribution in [2.75, 3.05) is 20.3 Å². The maximum absolute atomic E-state index is 13.6. The zero-order valence-electron chi connectivity index (χ0n) is 25.9. The number of ether oxygens (including phenoxy) is 3. The molecule has 1 aliphatic carbocycles. The molecule has 1 saturated carbocycles. The lowest BCUT2D eigenvalue weighted by atomic mass is 9.90. The molecule has 2 amide bonds. The molecule has 0 heterocycles. The number of hydrogen-bond donors (Lipinski definition) is 3. The smallest absolute Gasteiger partial charge is 0.407 e. The highest BCUT2D eigenvalue weighted by molar-refractivity contribution is 5.76. The molecular formula is C33H44FN3O7. The number of rotatable bonds is 12. The van der Waals surface area contributed by atoms with E-state index in [1.807, 2.05) is 30.3 Å². The molecule has 0 spiro atoms. The summed E-state index contributed by atoms with van der Waals surface area (Å²) in [6.45, 7) is 4.89. The zero-order valence-corrected chi connectivity index (χ0v) is 25.9. The molecule has 1 aliphatic rings. The zero-order chi connectivity index (χ0) is 32.1. The Kier molecular flexibility index (Phi) is 13.0. The largest absolute Gasteiger partial charge is 0.467 e. The van der Waals surface area contributed by atoms with Crippen molar-refractivity contribution < 1.29 is 38.1 Å². The van der Waals surface area contributed by atoms with Gasteiger partial charge in [0.1, 0.15) is 18.0 Å². The minimum absolute atomic E-state index is 0.0750. The summed E-state index contributed by atoms with van der Waals surface area (Å²) >= 11 is 0. The van der Waals surface area contributed by atoms with Crippen molar-refractivity contribution in [2.45, 2.75) is 83.2 Å². The summed E-state index contributed by atoms with van der Waals surface area (Å²) in [4.78, 5) is 40.0. The number of halogens is 1. The number of carbonyl (C=O) groups excluding carboxylic acids is 3. The Labute approximate surface area is 258 Å². The lowest BCUT2D eigenvalue weighted by Crippen LogP contribution is -2.51. The summed E-state index contributed by atoms with van der Waals surface area (Å²) in [5.74, 6) is -1.05. The lowest BCUT2D eigenvalue weighted by molar-refractivity contribution is -0.147. The number of amides is 2. The molecule has 0 aromatic heterocycles. The van der Waals surface area contributed by atoms with E-state index in [-0.39, 0.29) is 31.4 Å². The van der Waals surface area contributed by atoms with Crippen molar-refractivity contribution in [2.24, 2.45) is 0 Å². The standard InChI is InChI=1S/C33H44FN3O7/c1-33(2,3)44-32(41)35-27(18-23-14-16-26(34)17-15-23)20-37(29(21-38)30(39)42-4)19-25-12-8-9-13-28(25)36-31(40)43-22-24-10-6-5-7-11-24/h5-7,10-11,14-17,19,27-29,38H,8-9,12-13,18,20-22H2,1-4H3,(H,35,41)(H,36,40)/b25-19-/t27-,28+,29-/m0/s1. The average molecular weight is 614 g/mol. The van der Waals surface area contributed by atoms with E-state index in [1.165, 1.54) is 19.2 Å². The molecule has 3 atom stereocenters. The molecule has 10 nitrogen and oxygen atoms in total. The van der Waals surface area contributed by atoms with Gasteiger partial charge in [0, 0.05) is 12.7 Å². The highest BCUT2D eigenvalue weighted by Gasteiger charge is 2.30. The summed E-state index contributed by atoms with van der Waals surface area (Å²) < 4.78 is 29.5. The van der Waals surface area contributed by atoms with Crippen LogP contribution in [-0.4, -0.2) is 72.2 Å². The monoisotopic (exact) mass is 613 g/mol. The van der Waals surface area contributed by atoms with E-state index in [2.05, 4.69) is 10.6 Å². The van der Waals surface area contributed by atoms with Gasteiger partial charge < -0.3 is 34.9 Å². The average Bonchev–Trinajstić information content (AvgIpc) is 2.98. The van der Waals surface area contributed by atoms with E-state index in [0.29, 0.717) is 12.8 Å². The second-order valence-electron chi connectivity index (χ2n) is 11.8. The van der Waals surface area contributed by atoms with Gasteiger partial charge in [0.05, 0.1) is 25.8 Å². The predicted octanol–water partition coefficient (Wildman–Crippen LogP) is 4.85. The van der Waals surface area contributed by atoms with Crippen LogP contribution in [0.5, 0.6) is 0 Å². The van der Waals surface area contributed by atoms with E-state index in [9.17, 15) is 23.9 Å². The topological polar surface area (TPSA) is 126 Å². The molecule has 0 saturated heterocycles. The van der Waals surface area contributed by atoms with Crippen molar-refractivity contribution >= 4 is 18.2 Å². The second-order valence-corrected chi connectivity index (χ2v) is 11.8. The van der Waals surface area contributed by atoms with Gasteiger partial charge >= 0.3 is 18.2 Å². The number of aliphatic hydroxyl groups excluding tert-OH is 1. The summed E-state index contributed by atoms with van der Waals surface area (Å²) in [5.41, 5.74) is 1.70. The summed E-state index contributed by atoms with van der Waals surface area (Å²) in [7, 11) is 1.24. The van der Waals surface area contributed by atoms with Gasteiger partial charge in [-0.15, -0.1) is 0 Å². The van der Waals surface area contributed by atoms with Crippen molar-refractivity contribution in [3.05, 3.63) is 83.3 Å². The number of aliphatic hydroxyl groups is 1. The minimum Gasteiger partial charge on any atom is -0.467 e. The molecule has 0 bridgehead atoms. The van der Waals surface area contributed by atoms with Crippen LogP contribution >= 0.6 is 0 Å². The number of hydrogen-bond acceptors (Lipinski definition) is 8. The minimum atomic E-state index is -1.09. The van der Waals surface area contributed by atoms with Crippen LogP contribution in [0.15, 0.2) is 66.4 Å². The molecule has 3 rings (SSSR count). The van der Waals surface area contributed by atoms with E-state index < -0.39 is 42.4 Å². The molecule has 3 N–H and O–H groups in total. The maximum atomic E-state index is 13.6. The van der Waals surface area contributed by atoms with Crippen molar-refractivity contribution in [1.29, 1.82) is 0 Å². The number of benzene rings is 2. The number of nitrogens with one attached hydrogen (secondary N) is 2. The first kappa shape index (κ1) is 34.4. The number of alkyl carbamates (subject to hydrolysis) is 2. The van der Waals surface area contributed by atoms with Gasteiger partial charge in [-0.2, -0.15) is 0 Å². The van der Waals surface area contributed by atoms with Crippen LogP contribution in [0.25, 0.3) is 0 Å². The number of methoxy groups -OCH3 is 1. The maximum Gasteiger partial charge on any atom is 0.407 e. The molecule has 0 unspecified atom stereocenters. The van der Waals surface area contributed by atoms with E-state index in [1.54, 1.807) is 44.0 Å². The molecule has 44 heavy (non-hydrogen) atoms. The number of nitrogens with zero attached hydrogens (tertiary/aromatic N) is 1. The van der Waals surface area contributed by atoms with Gasteiger partial charge in [0.15, 0.2) is 6.04 Å². The number of esters is 1. The predicted molar refractivity (Wildman–Crippen MR) is 163 cm³/mol. The van der Waals surface area contributed by atoms with E-state index in [4.69, 9.17) is 14.2 Å². The summed E-state index contributed by atoms with van der Waals surface area (Å²) in [5, 5.41) is 16.1. The first-order valence-electron chi connectivity index (χ1n) is 14.8. The van der Waals surface area contributed by atoms with Crippen molar-refractivity contribution in [1.82, 2.24) is 15.5 Å². The van der Waals surface area contributed by atoms with Gasteiger partial charge in [0.2, 0.25) is 0 Å². The van der Waals surface area contributed by atoms with Crippen LogP contribution in [-0.2, 0) is 32.0 Å².